The smallest absolute Gasteiger partial charge is 0.379 e. The lowest BCUT2D eigenvalue weighted by atomic mass is 9.87. The summed E-state index contributed by atoms with van der Waals surface area (Å²) in [6.07, 6.45) is 4.62. The van der Waals surface area contributed by atoms with Gasteiger partial charge in [0.25, 0.3) is 0 Å². The molecule has 0 N–H and O–H groups in total. The summed E-state index contributed by atoms with van der Waals surface area (Å²) in [6, 6.07) is 17.8. The second-order valence-electron chi connectivity index (χ2n) is 7.43. The van der Waals surface area contributed by atoms with E-state index in [4.69, 9.17) is 9.15 Å². The fraction of sp³-hybridized carbons (Fsp3) is 0.167. The SMILES string of the molecule is CC(C)(C)c1ccc(/C=C/C(=O)c2ccccc2OC(=O)c2ccco2)cc1. The van der Waals surface area contributed by atoms with Crippen molar-refractivity contribution in [3.8, 4) is 5.75 Å². The Kier molecular flexibility index (Phi) is 5.59. The van der Waals surface area contributed by atoms with E-state index in [-0.39, 0.29) is 22.7 Å². The Hall–Kier alpha value is -3.40. The quantitative estimate of drug-likeness (QED) is 0.249. The molecule has 1 heterocycles. The van der Waals surface area contributed by atoms with E-state index < -0.39 is 5.97 Å². The van der Waals surface area contributed by atoms with Gasteiger partial charge < -0.3 is 9.15 Å². The first-order chi connectivity index (χ1) is 13.3. The van der Waals surface area contributed by atoms with E-state index in [1.807, 2.05) is 12.1 Å². The third kappa shape index (κ3) is 4.65. The van der Waals surface area contributed by atoms with Gasteiger partial charge in [-0.3, -0.25) is 4.79 Å². The number of carbonyl (C=O) groups is 2. The normalized spacial score (nSPS) is 11.5. The van der Waals surface area contributed by atoms with Crippen LogP contribution in [0.25, 0.3) is 6.08 Å². The number of carbonyl (C=O) groups excluding carboxylic acids is 2. The maximum absolute atomic E-state index is 12.6. The summed E-state index contributed by atoms with van der Waals surface area (Å²) in [6.45, 7) is 6.47. The van der Waals surface area contributed by atoms with Crippen LogP contribution in [0.15, 0.2) is 77.4 Å². The average molecular weight is 374 g/mol. The molecule has 0 saturated carbocycles. The number of hydrogen-bond donors (Lipinski definition) is 0. The molecule has 0 aliphatic rings. The molecule has 0 radical (unpaired) electrons. The van der Waals surface area contributed by atoms with Crippen molar-refractivity contribution in [3.63, 3.8) is 0 Å². The Balaban J connectivity index is 1.76. The summed E-state index contributed by atoms with van der Waals surface area (Å²) >= 11 is 0. The third-order valence-corrected chi connectivity index (χ3v) is 4.28. The van der Waals surface area contributed by atoms with E-state index in [0.29, 0.717) is 5.56 Å². The molecule has 142 valence electrons. The highest BCUT2D eigenvalue weighted by Gasteiger charge is 2.16. The Labute approximate surface area is 164 Å². The maximum Gasteiger partial charge on any atom is 0.379 e. The predicted octanol–water partition coefficient (Wildman–Crippen LogP) is 5.69. The molecule has 0 spiro atoms. The third-order valence-electron chi connectivity index (χ3n) is 4.28. The van der Waals surface area contributed by atoms with E-state index in [2.05, 4.69) is 32.9 Å². The molecule has 0 atom stereocenters. The van der Waals surface area contributed by atoms with Crippen molar-refractivity contribution in [2.24, 2.45) is 0 Å². The summed E-state index contributed by atoms with van der Waals surface area (Å²) in [7, 11) is 0. The summed E-state index contributed by atoms with van der Waals surface area (Å²) in [5, 5.41) is 0. The van der Waals surface area contributed by atoms with Crippen LogP contribution < -0.4 is 4.74 Å². The number of ketones is 1. The van der Waals surface area contributed by atoms with Crippen molar-refractivity contribution < 1.29 is 18.7 Å². The fourth-order valence-corrected chi connectivity index (χ4v) is 2.66. The van der Waals surface area contributed by atoms with Crippen LogP contribution >= 0.6 is 0 Å². The number of para-hydroxylation sites is 1. The van der Waals surface area contributed by atoms with Crippen LogP contribution in [0, 0.1) is 0 Å². The predicted molar refractivity (Wildman–Crippen MR) is 109 cm³/mol. The van der Waals surface area contributed by atoms with Gasteiger partial charge in [0, 0.05) is 0 Å². The summed E-state index contributed by atoms with van der Waals surface area (Å²) in [5.74, 6) is -0.617. The van der Waals surface area contributed by atoms with Crippen molar-refractivity contribution in [3.05, 3.63) is 95.5 Å². The van der Waals surface area contributed by atoms with Crippen LogP contribution in [0.5, 0.6) is 5.75 Å². The highest BCUT2D eigenvalue weighted by molar-refractivity contribution is 6.09. The van der Waals surface area contributed by atoms with Crippen molar-refractivity contribution in [1.82, 2.24) is 0 Å². The van der Waals surface area contributed by atoms with Gasteiger partial charge in [0.05, 0.1) is 11.8 Å². The van der Waals surface area contributed by atoms with Crippen LogP contribution in [0.3, 0.4) is 0 Å². The molecule has 0 aliphatic carbocycles. The van der Waals surface area contributed by atoms with Gasteiger partial charge in [0.1, 0.15) is 5.75 Å². The van der Waals surface area contributed by atoms with Crippen molar-refractivity contribution in [1.29, 1.82) is 0 Å². The standard InChI is InChI=1S/C24H22O4/c1-24(2,3)18-13-10-17(11-14-18)12-15-20(25)19-7-4-5-8-21(19)28-23(26)22-9-6-16-27-22/h4-16H,1-3H3/b15-12+. The molecule has 0 fully saturated rings. The molecule has 3 aromatic rings. The molecule has 0 saturated heterocycles. The van der Waals surface area contributed by atoms with Gasteiger partial charge in [0.2, 0.25) is 5.76 Å². The second-order valence-corrected chi connectivity index (χ2v) is 7.43. The number of allylic oxidation sites excluding steroid dienone is 1. The first kappa shape index (κ1) is 19.4. The van der Waals surface area contributed by atoms with E-state index >= 15 is 0 Å². The molecule has 1 aromatic heterocycles. The van der Waals surface area contributed by atoms with E-state index in [0.717, 1.165) is 5.56 Å². The first-order valence-corrected chi connectivity index (χ1v) is 9.02. The molecule has 3 rings (SSSR count). The number of hydrogen-bond acceptors (Lipinski definition) is 4. The topological polar surface area (TPSA) is 56.5 Å². The lowest BCUT2D eigenvalue weighted by Gasteiger charge is -2.18. The molecule has 4 nitrogen and oxygen atoms in total. The van der Waals surface area contributed by atoms with Crippen LogP contribution in [-0.4, -0.2) is 11.8 Å². The summed E-state index contributed by atoms with van der Waals surface area (Å²) < 4.78 is 10.4. The van der Waals surface area contributed by atoms with Crippen molar-refractivity contribution >= 4 is 17.8 Å². The van der Waals surface area contributed by atoms with Gasteiger partial charge >= 0.3 is 5.97 Å². The van der Waals surface area contributed by atoms with Crippen molar-refractivity contribution in [2.75, 3.05) is 0 Å². The zero-order valence-corrected chi connectivity index (χ0v) is 16.1. The Morgan fingerprint density at radius 1 is 0.929 bits per heavy atom. The van der Waals surface area contributed by atoms with Crippen LogP contribution in [0.2, 0.25) is 0 Å². The van der Waals surface area contributed by atoms with Crippen LogP contribution in [0.4, 0.5) is 0 Å². The summed E-state index contributed by atoms with van der Waals surface area (Å²) in [5.41, 5.74) is 2.54. The van der Waals surface area contributed by atoms with Gasteiger partial charge in [-0.25, -0.2) is 4.79 Å². The van der Waals surface area contributed by atoms with Crippen LogP contribution in [0.1, 0.15) is 52.8 Å². The van der Waals surface area contributed by atoms with Gasteiger partial charge in [-0.05, 0) is 46.9 Å². The zero-order chi connectivity index (χ0) is 20.1. The number of esters is 1. The van der Waals surface area contributed by atoms with E-state index in [1.54, 1.807) is 36.4 Å². The van der Waals surface area contributed by atoms with Gasteiger partial charge in [-0.2, -0.15) is 0 Å². The largest absolute Gasteiger partial charge is 0.457 e. The first-order valence-electron chi connectivity index (χ1n) is 9.02. The number of benzene rings is 2. The van der Waals surface area contributed by atoms with E-state index in [1.165, 1.54) is 24.0 Å². The average Bonchev–Trinajstić information content (AvgIpc) is 3.21. The minimum absolute atomic E-state index is 0.0782. The molecule has 0 bridgehead atoms. The molecular formula is C24H22O4. The highest BCUT2D eigenvalue weighted by atomic mass is 16.5. The lowest BCUT2D eigenvalue weighted by molar-refractivity contribution is 0.0700. The molecular weight excluding hydrogens is 352 g/mol. The van der Waals surface area contributed by atoms with Gasteiger partial charge in [-0.15, -0.1) is 0 Å². The number of ether oxygens (including phenoxy) is 1. The number of furan rings is 1. The molecule has 0 aliphatic heterocycles. The van der Waals surface area contributed by atoms with Gasteiger partial charge in [0.15, 0.2) is 5.78 Å². The molecule has 0 amide bonds. The Morgan fingerprint density at radius 2 is 1.64 bits per heavy atom. The second kappa shape index (κ2) is 8.09. The minimum atomic E-state index is -0.646. The number of rotatable bonds is 5. The van der Waals surface area contributed by atoms with Crippen LogP contribution in [-0.2, 0) is 5.41 Å². The molecule has 28 heavy (non-hydrogen) atoms. The highest BCUT2D eigenvalue weighted by Crippen LogP contribution is 2.23. The minimum Gasteiger partial charge on any atom is -0.457 e. The monoisotopic (exact) mass is 374 g/mol. The molecule has 2 aromatic carbocycles. The zero-order valence-electron chi connectivity index (χ0n) is 16.1. The summed E-state index contributed by atoms with van der Waals surface area (Å²) in [4.78, 5) is 24.7. The van der Waals surface area contributed by atoms with Crippen molar-refractivity contribution in [2.45, 2.75) is 26.2 Å². The Bertz CT molecular complexity index is 988. The fourth-order valence-electron chi connectivity index (χ4n) is 2.66. The lowest BCUT2D eigenvalue weighted by Crippen LogP contribution is -2.10. The Morgan fingerprint density at radius 3 is 2.29 bits per heavy atom. The molecule has 4 heteroatoms. The maximum atomic E-state index is 12.6. The van der Waals surface area contributed by atoms with Gasteiger partial charge in [-0.1, -0.05) is 63.2 Å². The van der Waals surface area contributed by atoms with E-state index in [9.17, 15) is 9.59 Å². The molecule has 0 unspecified atom stereocenters.